The van der Waals surface area contributed by atoms with E-state index >= 15 is 0 Å². The van der Waals surface area contributed by atoms with Crippen molar-refractivity contribution in [1.82, 2.24) is 5.32 Å². The lowest BCUT2D eigenvalue weighted by molar-refractivity contribution is -0.121. The van der Waals surface area contributed by atoms with Gasteiger partial charge in [0.1, 0.15) is 5.75 Å². The Kier molecular flexibility index (Phi) is 7.55. The lowest BCUT2D eigenvalue weighted by Crippen LogP contribution is -2.24. The number of carbonyl (C=O) groups is 1. The molecule has 4 heteroatoms. The number of aryl methyl sites for hydroxylation is 1. The number of hydrogen-bond donors (Lipinski definition) is 2. The molecular formula is C16H26N2O2. The topological polar surface area (TPSA) is 64.3 Å². The molecule has 0 spiro atoms. The average Bonchev–Trinajstić information content (AvgIpc) is 2.45. The maximum atomic E-state index is 11.7. The van der Waals surface area contributed by atoms with Gasteiger partial charge in [-0.2, -0.15) is 0 Å². The highest BCUT2D eigenvalue weighted by molar-refractivity contribution is 5.76. The fourth-order valence-corrected chi connectivity index (χ4v) is 2.07. The molecule has 0 unspecified atom stereocenters. The molecule has 1 aromatic rings. The first-order valence-electron chi connectivity index (χ1n) is 7.36. The fraction of sp³-hybridized carbons (Fsp3) is 0.562. The first kappa shape index (κ1) is 16.3. The number of nitrogens with one attached hydrogen (secondary N) is 1. The van der Waals surface area contributed by atoms with Crippen molar-refractivity contribution in [2.24, 2.45) is 0 Å². The molecule has 3 N–H and O–H groups in total. The van der Waals surface area contributed by atoms with Gasteiger partial charge in [-0.3, -0.25) is 4.79 Å². The van der Waals surface area contributed by atoms with Crippen LogP contribution in [0.1, 0.15) is 44.6 Å². The summed E-state index contributed by atoms with van der Waals surface area (Å²) in [4.78, 5) is 11.7. The van der Waals surface area contributed by atoms with Gasteiger partial charge in [-0.1, -0.05) is 32.3 Å². The van der Waals surface area contributed by atoms with E-state index in [0.717, 1.165) is 18.5 Å². The highest BCUT2D eigenvalue weighted by Gasteiger charge is 2.04. The van der Waals surface area contributed by atoms with Crippen molar-refractivity contribution in [3.05, 3.63) is 23.8 Å². The minimum Gasteiger partial charge on any atom is -0.495 e. The molecule has 4 nitrogen and oxygen atoms in total. The predicted octanol–water partition coefficient (Wildman–Crippen LogP) is 2.91. The molecule has 0 fully saturated rings. The molecule has 0 saturated heterocycles. The Morgan fingerprint density at radius 3 is 2.75 bits per heavy atom. The van der Waals surface area contributed by atoms with E-state index in [1.165, 1.54) is 19.3 Å². The third-order valence-corrected chi connectivity index (χ3v) is 3.29. The Hall–Kier alpha value is -1.71. The molecule has 0 bridgehead atoms. The van der Waals surface area contributed by atoms with Crippen LogP contribution in [0.2, 0.25) is 0 Å². The van der Waals surface area contributed by atoms with E-state index in [1.807, 2.05) is 18.2 Å². The van der Waals surface area contributed by atoms with Crippen LogP contribution in [0.25, 0.3) is 0 Å². The molecule has 112 valence electrons. The summed E-state index contributed by atoms with van der Waals surface area (Å²) < 4.78 is 5.11. The van der Waals surface area contributed by atoms with Crippen molar-refractivity contribution >= 4 is 11.6 Å². The maximum absolute atomic E-state index is 11.7. The smallest absolute Gasteiger partial charge is 0.220 e. The van der Waals surface area contributed by atoms with Gasteiger partial charge in [-0.25, -0.2) is 0 Å². The second-order valence-corrected chi connectivity index (χ2v) is 4.99. The van der Waals surface area contributed by atoms with Gasteiger partial charge in [-0.05, 0) is 30.5 Å². The van der Waals surface area contributed by atoms with Gasteiger partial charge < -0.3 is 15.8 Å². The molecule has 0 aliphatic heterocycles. The number of nitrogen functional groups attached to an aromatic ring is 1. The van der Waals surface area contributed by atoms with Gasteiger partial charge in [0.15, 0.2) is 0 Å². The zero-order chi connectivity index (χ0) is 14.8. The minimum absolute atomic E-state index is 0.107. The number of methoxy groups -OCH3 is 1. The Morgan fingerprint density at radius 2 is 2.10 bits per heavy atom. The van der Waals surface area contributed by atoms with Crippen LogP contribution in [0.5, 0.6) is 5.75 Å². The predicted molar refractivity (Wildman–Crippen MR) is 82.9 cm³/mol. The van der Waals surface area contributed by atoms with Crippen molar-refractivity contribution in [2.45, 2.75) is 45.4 Å². The van der Waals surface area contributed by atoms with E-state index < -0.39 is 0 Å². The first-order valence-corrected chi connectivity index (χ1v) is 7.36. The van der Waals surface area contributed by atoms with E-state index in [2.05, 4.69) is 12.2 Å². The normalized spacial score (nSPS) is 10.3. The van der Waals surface area contributed by atoms with E-state index in [9.17, 15) is 4.79 Å². The Morgan fingerprint density at radius 1 is 1.30 bits per heavy atom. The van der Waals surface area contributed by atoms with Crippen LogP contribution in [-0.2, 0) is 11.2 Å². The molecule has 0 aliphatic carbocycles. The number of rotatable bonds is 9. The van der Waals surface area contributed by atoms with Gasteiger partial charge in [0.05, 0.1) is 12.8 Å². The molecule has 1 rings (SSSR count). The molecule has 0 atom stereocenters. The second kappa shape index (κ2) is 9.23. The van der Waals surface area contributed by atoms with Crippen LogP contribution in [0.15, 0.2) is 18.2 Å². The number of benzene rings is 1. The van der Waals surface area contributed by atoms with Crippen LogP contribution in [0.4, 0.5) is 5.69 Å². The molecule has 0 saturated carbocycles. The van der Waals surface area contributed by atoms with Gasteiger partial charge in [-0.15, -0.1) is 0 Å². The van der Waals surface area contributed by atoms with Crippen molar-refractivity contribution in [1.29, 1.82) is 0 Å². The number of hydrogen-bond acceptors (Lipinski definition) is 3. The molecule has 20 heavy (non-hydrogen) atoms. The number of amides is 1. The number of unbranched alkanes of at least 4 members (excludes halogenated alkanes) is 3. The highest BCUT2D eigenvalue weighted by atomic mass is 16.5. The fourth-order valence-electron chi connectivity index (χ4n) is 2.07. The number of carbonyl (C=O) groups excluding carboxylic acids is 1. The minimum atomic E-state index is 0.107. The lowest BCUT2D eigenvalue weighted by Gasteiger charge is -2.08. The zero-order valence-electron chi connectivity index (χ0n) is 12.6. The summed E-state index contributed by atoms with van der Waals surface area (Å²) in [5, 5.41) is 2.95. The van der Waals surface area contributed by atoms with Crippen molar-refractivity contribution in [3.63, 3.8) is 0 Å². The van der Waals surface area contributed by atoms with Gasteiger partial charge in [0.2, 0.25) is 5.91 Å². The van der Waals surface area contributed by atoms with Crippen LogP contribution in [0.3, 0.4) is 0 Å². The van der Waals surface area contributed by atoms with Gasteiger partial charge in [0.25, 0.3) is 0 Å². The van der Waals surface area contributed by atoms with E-state index in [1.54, 1.807) is 7.11 Å². The first-order chi connectivity index (χ1) is 9.67. The monoisotopic (exact) mass is 278 g/mol. The highest BCUT2D eigenvalue weighted by Crippen LogP contribution is 2.22. The third-order valence-electron chi connectivity index (χ3n) is 3.29. The molecule has 0 heterocycles. The Labute approximate surface area is 121 Å². The quantitative estimate of drug-likeness (QED) is 0.539. The van der Waals surface area contributed by atoms with Crippen LogP contribution in [0, 0.1) is 0 Å². The molecular weight excluding hydrogens is 252 g/mol. The molecule has 0 aromatic heterocycles. The molecule has 0 aliphatic rings. The summed E-state index contributed by atoms with van der Waals surface area (Å²) >= 11 is 0. The summed E-state index contributed by atoms with van der Waals surface area (Å²) in [6.07, 6.45) is 5.91. The van der Waals surface area contributed by atoms with Gasteiger partial charge >= 0.3 is 0 Å². The zero-order valence-corrected chi connectivity index (χ0v) is 12.6. The van der Waals surface area contributed by atoms with Crippen LogP contribution in [-0.4, -0.2) is 19.6 Å². The standard InChI is InChI=1S/C16H26N2O2/c1-3-4-5-6-11-18-16(19)10-8-13-7-9-15(20-2)14(17)12-13/h7,9,12H,3-6,8,10-11,17H2,1-2H3,(H,18,19). The third kappa shape index (κ3) is 5.95. The Balaban J connectivity index is 2.25. The summed E-state index contributed by atoms with van der Waals surface area (Å²) in [7, 11) is 1.59. The summed E-state index contributed by atoms with van der Waals surface area (Å²) in [6, 6.07) is 5.66. The van der Waals surface area contributed by atoms with Crippen LogP contribution < -0.4 is 15.8 Å². The van der Waals surface area contributed by atoms with Crippen molar-refractivity contribution < 1.29 is 9.53 Å². The number of anilines is 1. The lowest BCUT2D eigenvalue weighted by atomic mass is 10.1. The summed E-state index contributed by atoms with van der Waals surface area (Å²) in [5.41, 5.74) is 7.51. The molecule has 1 amide bonds. The maximum Gasteiger partial charge on any atom is 0.220 e. The van der Waals surface area contributed by atoms with Crippen molar-refractivity contribution in [3.8, 4) is 5.75 Å². The van der Waals surface area contributed by atoms with Crippen molar-refractivity contribution in [2.75, 3.05) is 19.4 Å². The second-order valence-electron chi connectivity index (χ2n) is 4.99. The average molecular weight is 278 g/mol. The van der Waals surface area contributed by atoms with E-state index in [0.29, 0.717) is 24.3 Å². The molecule has 1 aromatic carbocycles. The van der Waals surface area contributed by atoms with Gasteiger partial charge in [0, 0.05) is 13.0 Å². The van der Waals surface area contributed by atoms with E-state index in [-0.39, 0.29) is 5.91 Å². The SMILES string of the molecule is CCCCCCNC(=O)CCc1ccc(OC)c(N)c1. The summed E-state index contributed by atoms with van der Waals surface area (Å²) in [6.45, 7) is 2.96. The summed E-state index contributed by atoms with van der Waals surface area (Å²) in [5.74, 6) is 0.782. The van der Waals surface area contributed by atoms with E-state index in [4.69, 9.17) is 10.5 Å². The molecule has 0 radical (unpaired) electrons. The number of ether oxygens (including phenoxy) is 1. The van der Waals surface area contributed by atoms with Crippen LogP contribution >= 0.6 is 0 Å². The number of nitrogens with two attached hydrogens (primary N) is 1. The largest absolute Gasteiger partial charge is 0.495 e. The Bertz CT molecular complexity index is 419.